The first-order chi connectivity index (χ1) is 8.02. The summed E-state index contributed by atoms with van der Waals surface area (Å²) >= 11 is 0. The first-order valence-electron chi connectivity index (χ1n) is 6.19. The highest BCUT2D eigenvalue weighted by Gasteiger charge is 2.09. The molecule has 0 heterocycles. The van der Waals surface area contributed by atoms with Crippen LogP contribution in [0.25, 0.3) is 0 Å². The Bertz CT molecular complexity index is 354. The molecule has 0 amide bonds. The van der Waals surface area contributed by atoms with Crippen molar-refractivity contribution in [2.24, 2.45) is 0 Å². The molecule has 0 spiro atoms. The number of benzene rings is 1. The summed E-state index contributed by atoms with van der Waals surface area (Å²) in [6, 6.07) is 5.38. The van der Waals surface area contributed by atoms with E-state index in [-0.39, 0.29) is 11.9 Å². The Labute approximate surface area is 103 Å². The van der Waals surface area contributed by atoms with Crippen LogP contribution in [0.2, 0.25) is 0 Å². The summed E-state index contributed by atoms with van der Waals surface area (Å²) in [6.45, 7) is 8.84. The summed E-state index contributed by atoms with van der Waals surface area (Å²) in [6.07, 6.45) is 1.03. The lowest BCUT2D eigenvalue weighted by Gasteiger charge is -2.18. The lowest BCUT2D eigenvalue weighted by atomic mass is 10.2. The van der Waals surface area contributed by atoms with Crippen molar-refractivity contribution in [1.29, 1.82) is 0 Å². The summed E-state index contributed by atoms with van der Waals surface area (Å²) < 4.78 is 19.0. The number of rotatable bonds is 6. The molecule has 2 atom stereocenters. The van der Waals surface area contributed by atoms with Gasteiger partial charge >= 0.3 is 0 Å². The molecule has 1 N–H and O–H groups in total. The summed E-state index contributed by atoms with van der Waals surface area (Å²) in [5, 5.41) is 3.34. The molecule has 0 aromatic heterocycles. The monoisotopic (exact) mass is 239 g/mol. The van der Waals surface area contributed by atoms with Gasteiger partial charge < -0.3 is 10.1 Å². The van der Waals surface area contributed by atoms with Gasteiger partial charge in [-0.15, -0.1) is 0 Å². The molecule has 17 heavy (non-hydrogen) atoms. The van der Waals surface area contributed by atoms with Crippen molar-refractivity contribution >= 4 is 0 Å². The zero-order valence-electron chi connectivity index (χ0n) is 11.1. The van der Waals surface area contributed by atoms with Crippen LogP contribution in [-0.4, -0.2) is 18.7 Å². The summed E-state index contributed by atoms with van der Waals surface area (Å²) in [7, 11) is 0. The average Bonchev–Trinajstić information content (AvgIpc) is 2.30. The third-order valence-electron chi connectivity index (χ3n) is 2.78. The van der Waals surface area contributed by atoms with Gasteiger partial charge in [-0.1, -0.05) is 13.0 Å². The largest absolute Gasteiger partial charge is 0.486 e. The van der Waals surface area contributed by atoms with Gasteiger partial charge in [-0.2, -0.15) is 0 Å². The highest BCUT2D eigenvalue weighted by Crippen LogP contribution is 2.19. The second-order valence-electron chi connectivity index (χ2n) is 4.58. The maximum atomic E-state index is 13.4. The lowest BCUT2D eigenvalue weighted by Crippen LogP contribution is -2.34. The number of hydrogen-bond donors (Lipinski definition) is 1. The molecule has 3 heteroatoms. The van der Waals surface area contributed by atoms with E-state index in [4.69, 9.17) is 4.74 Å². The van der Waals surface area contributed by atoms with Crippen LogP contribution >= 0.6 is 0 Å². The quantitative estimate of drug-likeness (QED) is 0.822. The molecule has 0 saturated carbocycles. The number of ether oxygens (including phenoxy) is 1. The van der Waals surface area contributed by atoms with E-state index in [1.807, 2.05) is 13.8 Å². The molecule has 96 valence electrons. The van der Waals surface area contributed by atoms with Crippen LogP contribution in [0.1, 0.15) is 32.8 Å². The van der Waals surface area contributed by atoms with Gasteiger partial charge in [-0.3, -0.25) is 0 Å². The molecule has 0 aliphatic heterocycles. The van der Waals surface area contributed by atoms with E-state index in [1.54, 1.807) is 12.1 Å². The minimum Gasteiger partial charge on any atom is -0.486 e. The minimum absolute atomic E-state index is 0.0414. The normalized spacial score (nSPS) is 14.4. The Morgan fingerprint density at radius 2 is 2.06 bits per heavy atom. The van der Waals surface area contributed by atoms with Gasteiger partial charge in [0, 0.05) is 12.6 Å². The van der Waals surface area contributed by atoms with E-state index in [2.05, 4.69) is 19.2 Å². The van der Waals surface area contributed by atoms with E-state index in [0.717, 1.165) is 18.5 Å². The molecule has 1 aromatic carbocycles. The maximum absolute atomic E-state index is 13.4. The third-order valence-corrected chi connectivity index (χ3v) is 2.78. The van der Waals surface area contributed by atoms with Gasteiger partial charge in [0.1, 0.15) is 6.10 Å². The van der Waals surface area contributed by atoms with Crippen molar-refractivity contribution in [3.8, 4) is 5.75 Å². The number of halogens is 1. The fraction of sp³-hybridized carbons (Fsp3) is 0.571. The van der Waals surface area contributed by atoms with E-state index in [9.17, 15) is 4.39 Å². The van der Waals surface area contributed by atoms with E-state index in [1.165, 1.54) is 6.07 Å². The molecule has 1 aromatic rings. The summed E-state index contributed by atoms with van der Waals surface area (Å²) in [5.41, 5.74) is 1.00. The Kier molecular flexibility index (Phi) is 5.42. The minimum atomic E-state index is -0.300. The fourth-order valence-electron chi connectivity index (χ4n) is 1.47. The van der Waals surface area contributed by atoms with Crippen LogP contribution in [0.3, 0.4) is 0 Å². The average molecular weight is 239 g/mol. The smallest absolute Gasteiger partial charge is 0.165 e. The first kappa shape index (κ1) is 14.0. The molecular weight excluding hydrogens is 217 g/mol. The van der Waals surface area contributed by atoms with Crippen LogP contribution in [-0.2, 0) is 0 Å². The number of nitrogens with one attached hydrogen (secondary N) is 1. The van der Waals surface area contributed by atoms with Crippen LogP contribution in [0, 0.1) is 12.7 Å². The van der Waals surface area contributed by atoms with Crippen LogP contribution < -0.4 is 10.1 Å². The molecular formula is C14H22FNO. The molecule has 0 aliphatic rings. The van der Waals surface area contributed by atoms with Crippen molar-refractivity contribution in [3.63, 3.8) is 0 Å². The van der Waals surface area contributed by atoms with Crippen molar-refractivity contribution in [1.82, 2.24) is 5.32 Å². The summed E-state index contributed by atoms with van der Waals surface area (Å²) in [5.74, 6) is 0.0365. The Morgan fingerprint density at radius 3 is 2.71 bits per heavy atom. The highest BCUT2D eigenvalue weighted by atomic mass is 19.1. The van der Waals surface area contributed by atoms with Crippen molar-refractivity contribution in [3.05, 3.63) is 29.6 Å². The van der Waals surface area contributed by atoms with Gasteiger partial charge in [-0.25, -0.2) is 4.39 Å². The third kappa shape index (κ3) is 4.73. The first-order valence-corrected chi connectivity index (χ1v) is 6.19. The Morgan fingerprint density at radius 1 is 1.35 bits per heavy atom. The predicted molar refractivity (Wildman–Crippen MR) is 69.0 cm³/mol. The second-order valence-corrected chi connectivity index (χ2v) is 4.58. The number of hydrogen-bond acceptors (Lipinski definition) is 2. The van der Waals surface area contributed by atoms with E-state index in [0.29, 0.717) is 11.8 Å². The van der Waals surface area contributed by atoms with Gasteiger partial charge in [0.05, 0.1) is 0 Å². The molecule has 0 fully saturated rings. The topological polar surface area (TPSA) is 21.3 Å². The molecule has 1 rings (SSSR count). The highest BCUT2D eigenvalue weighted by molar-refractivity contribution is 5.29. The van der Waals surface area contributed by atoms with Gasteiger partial charge in [0.2, 0.25) is 0 Å². The SMILES string of the molecule is CCC(C)NCC(C)Oc1cc(C)ccc1F. The second kappa shape index (κ2) is 6.60. The Hall–Kier alpha value is -1.09. The zero-order chi connectivity index (χ0) is 12.8. The molecule has 0 bridgehead atoms. The molecule has 0 aliphatic carbocycles. The lowest BCUT2D eigenvalue weighted by molar-refractivity contribution is 0.203. The van der Waals surface area contributed by atoms with Crippen molar-refractivity contribution in [2.45, 2.75) is 46.3 Å². The maximum Gasteiger partial charge on any atom is 0.165 e. The van der Waals surface area contributed by atoms with Crippen LogP contribution in [0.15, 0.2) is 18.2 Å². The van der Waals surface area contributed by atoms with Crippen LogP contribution in [0.5, 0.6) is 5.75 Å². The molecule has 2 nitrogen and oxygen atoms in total. The standard InChI is InChI=1S/C14H22FNO/c1-5-11(3)16-9-12(4)17-14-8-10(2)6-7-13(14)15/h6-8,11-12,16H,5,9H2,1-4H3. The number of aryl methyl sites for hydroxylation is 1. The van der Waals surface area contributed by atoms with E-state index < -0.39 is 0 Å². The molecule has 0 radical (unpaired) electrons. The predicted octanol–water partition coefficient (Wildman–Crippen LogP) is 3.29. The van der Waals surface area contributed by atoms with Crippen molar-refractivity contribution < 1.29 is 9.13 Å². The Balaban J connectivity index is 2.50. The zero-order valence-corrected chi connectivity index (χ0v) is 11.1. The van der Waals surface area contributed by atoms with Gasteiger partial charge in [-0.05, 0) is 44.9 Å². The van der Waals surface area contributed by atoms with E-state index >= 15 is 0 Å². The van der Waals surface area contributed by atoms with Crippen molar-refractivity contribution in [2.75, 3.05) is 6.54 Å². The fourth-order valence-corrected chi connectivity index (χ4v) is 1.47. The van der Waals surface area contributed by atoms with Gasteiger partial charge in [0.25, 0.3) is 0 Å². The molecule has 2 unspecified atom stereocenters. The van der Waals surface area contributed by atoms with Crippen LogP contribution in [0.4, 0.5) is 4.39 Å². The van der Waals surface area contributed by atoms with Gasteiger partial charge in [0.15, 0.2) is 11.6 Å². The summed E-state index contributed by atoms with van der Waals surface area (Å²) in [4.78, 5) is 0. The molecule has 0 saturated heterocycles.